The van der Waals surface area contributed by atoms with Crippen molar-refractivity contribution in [3.8, 4) is 11.6 Å². The average molecular weight is 257 g/mol. The first-order valence-electron chi connectivity index (χ1n) is 6.24. The highest BCUT2D eigenvalue weighted by Crippen LogP contribution is 2.39. The van der Waals surface area contributed by atoms with Crippen LogP contribution in [0.4, 0.5) is 5.82 Å². The average Bonchev–Trinajstić information content (AvgIpc) is 2.66. The Balaban J connectivity index is 2.27. The van der Waals surface area contributed by atoms with Crippen LogP contribution in [0.15, 0.2) is 35.1 Å². The van der Waals surface area contributed by atoms with Gasteiger partial charge in [0.1, 0.15) is 11.9 Å². The Kier molecular flexibility index (Phi) is 2.55. The van der Waals surface area contributed by atoms with Gasteiger partial charge in [0.15, 0.2) is 0 Å². The van der Waals surface area contributed by atoms with Crippen LogP contribution in [0, 0.1) is 0 Å². The first-order chi connectivity index (χ1) is 9.09. The number of nitrogens with two attached hydrogens (primary N) is 1. The summed E-state index contributed by atoms with van der Waals surface area (Å²) in [5.41, 5.74) is 7.28. The van der Waals surface area contributed by atoms with Crippen LogP contribution in [0.3, 0.4) is 0 Å². The quantitative estimate of drug-likeness (QED) is 0.844. The van der Waals surface area contributed by atoms with E-state index in [-0.39, 0.29) is 12.0 Å². The molecule has 0 spiro atoms. The molecule has 19 heavy (non-hydrogen) atoms. The summed E-state index contributed by atoms with van der Waals surface area (Å²) < 4.78 is 6.99. The minimum atomic E-state index is -0.413. The molecule has 3 rings (SSSR count). The second-order valence-electron chi connectivity index (χ2n) is 4.78. The number of anilines is 1. The van der Waals surface area contributed by atoms with Crippen molar-refractivity contribution in [2.24, 2.45) is 0 Å². The van der Waals surface area contributed by atoms with Gasteiger partial charge < -0.3 is 10.5 Å². The van der Waals surface area contributed by atoms with Gasteiger partial charge in [0.25, 0.3) is 0 Å². The van der Waals surface area contributed by atoms with Gasteiger partial charge >= 0.3 is 5.69 Å². The molecule has 5 nitrogen and oxygen atoms in total. The van der Waals surface area contributed by atoms with Gasteiger partial charge in [-0.2, -0.15) is 4.98 Å². The van der Waals surface area contributed by atoms with Gasteiger partial charge in [-0.25, -0.2) is 9.36 Å². The number of nitrogens with zero attached hydrogens (tertiary/aromatic N) is 2. The molecule has 2 unspecified atom stereocenters. The van der Waals surface area contributed by atoms with E-state index in [2.05, 4.69) is 4.98 Å². The van der Waals surface area contributed by atoms with E-state index in [0.717, 1.165) is 5.56 Å². The molecule has 0 amide bonds. The lowest BCUT2D eigenvalue weighted by molar-refractivity contribution is 0.225. The molecule has 0 radical (unpaired) electrons. The zero-order valence-corrected chi connectivity index (χ0v) is 10.8. The molecule has 1 aromatic carbocycles. The van der Waals surface area contributed by atoms with E-state index in [9.17, 15) is 4.79 Å². The van der Waals surface area contributed by atoms with Gasteiger partial charge in [0, 0.05) is 5.92 Å². The highest BCUT2D eigenvalue weighted by atomic mass is 16.5. The molecule has 1 aromatic heterocycles. The maximum atomic E-state index is 12.1. The Labute approximate surface area is 110 Å². The normalized spacial score (nSPS) is 20.9. The number of para-hydroxylation sites is 1. The molecule has 0 saturated carbocycles. The Bertz CT molecular complexity index is 679. The number of hydrogen-bond donors (Lipinski definition) is 1. The molecule has 0 aliphatic carbocycles. The maximum absolute atomic E-state index is 12.1. The third kappa shape index (κ3) is 1.69. The van der Waals surface area contributed by atoms with Gasteiger partial charge in [-0.3, -0.25) is 0 Å². The smallest absolute Gasteiger partial charge is 0.357 e. The van der Waals surface area contributed by atoms with E-state index < -0.39 is 5.69 Å². The minimum Gasteiger partial charge on any atom is -0.474 e. The minimum absolute atomic E-state index is 0.0178. The molecule has 2 N–H and O–H groups in total. The second kappa shape index (κ2) is 4.12. The number of ether oxygens (including phenoxy) is 1. The summed E-state index contributed by atoms with van der Waals surface area (Å²) in [5, 5.41) is 0. The summed E-state index contributed by atoms with van der Waals surface area (Å²) in [7, 11) is 0. The fourth-order valence-electron chi connectivity index (χ4n) is 2.39. The zero-order valence-electron chi connectivity index (χ0n) is 10.8. The van der Waals surface area contributed by atoms with E-state index in [1.54, 1.807) is 0 Å². The fourth-order valence-corrected chi connectivity index (χ4v) is 2.39. The first kappa shape index (κ1) is 11.8. The van der Waals surface area contributed by atoms with Crippen LogP contribution in [-0.4, -0.2) is 15.7 Å². The number of aromatic nitrogens is 2. The van der Waals surface area contributed by atoms with Crippen molar-refractivity contribution in [3.05, 3.63) is 46.4 Å². The first-order valence-corrected chi connectivity index (χ1v) is 6.24. The van der Waals surface area contributed by atoms with Crippen LogP contribution in [0.1, 0.15) is 25.3 Å². The molecule has 2 heterocycles. The van der Waals surface area contributed by atoms with E-state index in [1.165, 1.54) is 4.57 Å². The molecule has 0 fully saturated rings. The molecule has 2 aromatic rings. The van der Waals surface area contributed by atoms with E-state index in [1.807, 2.05) is 44.2 Å². The van der Waals surface area contributed by atoms with Gasteiger partial charge in [-0.05, 0) is 19.1 Å². The van der Waals surface area contributed by atoms with Crippen molar-refractivity contribution >= 4 is 5.82 Å². The van der Waals surface area contributed by atoms with Crippen molar-refractivity contribution in [1.29, 1.82) is 0 Å². The molecule has 0 bridgehead atoms. The predicted octanol–water partition coefficient (Wildman–Crippen LogP) is 1.70. The van der Waals surface area contributed by atoms with E-state index in [4.69, 9.17) is 10.5 Å². The Morgan fingerprint density at radius 3 is 2.63 bits per heavy atom. The number of nitrogen functional groups attached to an aromatic ring is 1. The van der Waals surface area contributed by atoms with Crippen LogP contribution >= 0.6 is 0 Å². The number of benzene rings is 1. The Morgan fingerprint density at radius 1 is 1.26 bits per heavy atom. The SMILES string of the molecule is CC1Oc2nc(=O)n(-c3ccccc3)c(N)c2C1C. The molecule has 0 saturated heterocycles. The lowest BCUT2D eigenvalue weighted by Crippen LogP contribution is -2.25. The molecule has 5 heteroatoms. The van der Waals surface area contributed by atoms with Crippen LogP contribution in [0.5, 0.6) is 5.88 Å². The zero-order chi connectivity index (χ0) is 13.6. The van der Waals surface area contributed by atoms with E-state index in [0.29, 0.717) is 17.4 Å². The standard InChI is InChI=1S/C14H15N3O2/c1-8-9(2)19-13-11(8)12(15)17(14(18)16-13)10-6-4-3-5-7-10/h3-9H,15H2,1-2H3. The van der Waals surface area contributed by atoms with Crippen molar-refractivity contribution < 1.29 is 4.74 Å². The lowest BCUT2D eigenvalue weighted by Gasteiger charge is -2.13. The summed E-state index contributed by atoms with van der Waals surface area (Å²) in [5.74, 6) is 0.908. The fraction of sp³-hybridized carbons (Fsp3) is 0.286. The van der Waals surface area contributed by atoms with Gasteiger partial charge in [0.05, 0.1) is 11.3 Å². The van der Waals surface area contributed by atoms with Crippen LogP contribution in [0.25, 0.3) is 5.69 Å². The summed E-state index contributed by atoms with van der Waals surface area (Å²) in [6.07, 6.45) is -0.0178. The van der Waals surface area contributed by atoms with Gasteiger partial charge in [-0.1, -0.05) is 25.1 Å². The number of hydrogen-bond acceptors (Lipinski definition) is 4. The summed E-state index contributed by atoms with van der Waals surface area (Å²) in [4.78, 5) is 16.1. The van der Waals surface area contributed by atoms with Crippen LogP contribution in [-0.2, 0) is 0 Å². The molecular weight excluding hydrogens is 242 g/mol. The van der Waals surface area contributed by atoms with Crippen LogP contribution in [0.2, 0.25) is 0 Å². The van der Waals surface area contributed by atoms with Gasteiger partial charge in [0.2, 0.25) is 5.88 Å². The number of fused-ring (bicyclic) bond motifs is 1. The molecule has 2 atom stereocenters. The third-order valence-electron chi connectivity index (χ3n) is 3.61. The Hall–Kier alpha value is -2.30. The Morgan fingerprint density at radius 2 is 1.95 bits per heavy atom. The monoisotopic (exact) mass is 257 g/mol. The lowest BCUT2D eigenvalue weighted by atomic mass is 10.0. The van der Waals surface area contributed by atoms with Crippen molar-refractivity contribution in [2.75, 3.05) is 5.73 Å². The van der Waals surface area contributed by atoms with Gasteiger partial charge in [-0.15, -0.1) is 0 Å². The molecule has 1 aliphatic heterocycles. The highest BCUT2D eigenvalue weighted by molar-refractivity contribution is 5.55. The summed E-state index contributed by atoms with van der Waals surface area (Å²) >= 11 is 0. The highest BCUT2D eigenvalue weighted by Gasteiger charge is 2.33. The predicted molar refractivity (Wildman–Crippen MR) is 72.8 cm³/mol. The number of rotatable bonds is 1. The molecule has 98 valence electrons. The third-order valence-corrected chi connectivity index (χ3v) is 3.61. The molecule has 1 aliphatic rings. The van der Waals surface area contributed by atoms with E-state index >= 15 is 0 Å². The summed E-state index contributed by atoms with van der Waals surface area (Å²) in [6.45, 7) is 3.97. The van der Waals surface area contributed by atoms with Crippen molar-refractivity contribution in [2.45, 2.75) is 25.9 Å². The van der Waals surface area contributed by atoms with Crippen molar-refractivity contribution in [3.63, 3.8) is 0 Å². The van der Waals surface area contributed by atoms with Crippen LogP contribution < -0.4 is 16.2 Å². The summed E-state index contributed by atoms with van der Waals surface area (Å²) in [6, 6.07) is 9.26. The largest absolute Gasteiger partial charge is 0.474 e. The topological polar surface area (TPSA) is 70.1 Å². The second-order valence-corrected chi connectivity index (χ2v) is 4.78. The molecular formula is C14H15N3O2. The maximum Gasteiger partial charge on any atom is 0.357 e. The van der Waals surface area contributed by atoms with Crippen molar-refractivity contribution in [1.82, 2.24) is 9.55 Å².